The molecule has 9 nitrogen and oxygen atoms in total. The van der Waals surface area contributed by atoms with E-state index in [4.69, 9.17) is 11.6 Å². The number of fused-ring (bicyclic) bond motifs is 1. The van der Waals surface area contributed by atoms with Crippen molar-refractivity contribution in [2.45, 2.75) is 19.4 Å². The van der Waals surface area contributed by atoms with E-state index in [1.54, 1.807) is 17.7 Å². The molecular formula is C20H23ClN6O3. The minimum Gasteiger partial charge on any atom is -0.354 e. The van der Waals surface area contributed by atoms with E-state index in [0.29, 0.717) is 41.8 Å². The monoisotopic (exact) mass is 430 g/mol. The van der Waals surface area contributed by atoms with Gasteiger partial charge in [-0.2, -0.15) is 4.98 Å². The third-order valence-corrected chi connectivity index (χ3v) is 5.66. The molecule has 0 saturated heterocycles. The van der Waals surface area contributed by atoms with Crippen molar-refractivity contribution < 1.29 is 4.79 Å². The highest BCUT2D eigenvalue weighted by molar-refractivity contribution is 6.31. The number of rotatable bonds is 7. The largest absolute Gasteiger partial charge is 0.354 e. The molecule has 30 heavy (non-hydrogen) atoms. The summed E-state index contributed by atoms with van der Waals surface area (Å²) in [5.74, 6) is 0.647. The number of carbonyl (C=O) groups excluding carboxylic acids is 1. The molecule has 0 radical (unpaired) electrons. The maximum atomic E-state index is 12.9. The van der Waals surface area contributed by atoms with E-state index in [9.17, 15) is 14.4 Å². The van der Waals surface area contributed by atoms with Gasteiger partial charge in [0.1, 0.15) is 0 Å². The molecule has 1 aliphatic carbocycles. The summed E-state index contributed by atoms with van der Waals surface area (Å²) < 4.78 is 4.13. The molecule has 0 unspecified atom stereocenters. The Kier molecular flexibility index (Phi) is 5.38. The number of halogens is 1. The summed E-state index contributed by atoms with van der Waals surface area (Å²) in [5, 5.41) is 6.64. The first kappa shape index (κ1) is 20.2. The fraction of sp³-hybridized carbons (Fsp3) is 0.400. The van der Waals surface area contributed by atoms with Gasteiger partial charge in [0.2, 0.25) is 11.9 Å². The normalized spacial score (nSPS) is 13.6. The average molecular weight is 431 g/mol. The lowest BCUT2D eigenvalue weighted by Crippen LogP contribution is -2.37. The zero-order valence-electron chi connectivity index (χ0n) is 16.8. The fourth-order valence-corrected chi connectivity index (χ4v) is 3.58. The van der Waals surface area contributed by atoms with Crippen LogP contribution in [0.5, 0.6) is 0 Å². The van der Waals surface area contributed by atoms with Gasteiger partial charge in [-0.05, 0) is 24.5 Å². The van der Waals surface area contributed by atoms with Crippen molar-refractivity contribution >= 4 is 34.6 Å². The molecule has 158 valence electrons. The van der Waals surface area contributed by atoms with E-state index in [1.165, 1.54) is 11.6 Å². The van der Waals surface area contributed by atoms with Gasteiger partial charge >= 0.3 is 5.69 Å². The van der Waals surface area contributed by atoms with Crippen molar-refractivity contribution in [3.8, 4) is 0 Å². The first-order chi connectivity index (χ1) is 14.4. The predicted molar refractivity (Wildman–Crippen MR) is 115 cm³/mol. The maximum absolute atomic E-state index is 12.9. The Morgan fingerprint density at radius 3 is 2.60 bits per heavy atom. The molecule has 2 N–H and O–H groups in total. The van der Waals surface area contributed by atoms with Gasteiger partial charge in [0.25, 0.3) is 5.56 Å². The highest BCUT2D eigenvalue weighted by atomic mass is 35.5. The van der Waals surface area contributed by atoms with Crippen LogP contribution in [0.1, 0.15) is 18.4 Å². The molecular weight excluding hydrogens is 408 g/mol. The Hall–Kier alpha value is -3.07. The molecule has 0 atom stereocenters. The molecule has 0 aliphatic heterocycles. The minimum absolute atomic E-state index is 0.0673. The van der Waals surface area contributed by atoms with Gasteiger partial charge in [0.15, 0.2) is 11.2 Å². The van der Waals surface area contributed by atoms with Crippen LogP contribution < -0.4 is 21.9 Å². The summed E-state index contributed by atoms with van der Waals surface area (Å²) in [7, 11) is 3.02. The van der Waals surface area contributed by atoms with Gasteiger partial charge in [-0.15, -0.1) is 0 Å². The van der Waals surface area contributed by atoms with Crippen LogP contribution in [0.25, 0.3) is 11.2 Å². The Morgan fingerprint density at radius 1 is 1.17 bits per heavy atom. The van der Waals surface area contributed by atoms with Gasteiger partial charge in [-0.3, -0.25) is 23.3 Å². The zero-order valence-corrected chi connectivity index (χ0v) is 17.6. The van der Waals surface area contributed by atoms with E-state index < -0.39 is 11.2 Å². The molecule has 1 fully saturated rings. The summed E-state index contributed by atoms with van der Waals surface area (Å²) >= 11 is 6.33. The van der Waals surface area contributed by atoms with E-state index in [2.05, 4.69) is 15.6 Å². The van der Waals surface area contributed by atoms with Gasteiger partial charge in [-0.1, -0.05) is 29.8 Å². The Bertz CT molecular complexity index is 1240. The number of imidazole rings is 1. The summed E-state index contributed by atoms with van der Waals surface area (Å²) in [5.41, 5.74) is 0.545. The lowest BCUT2D eigenvalue weighted by molar-refractivity contribution is -0.122. The lowest BCUT2D eigenvalue weighted by Gasteiger charge is -2.12. The first-order valence-corrected chi connectivity index (χ1v) is 10.2. The quantitative estimate of drug-likeness (QED) is 0.546. The topological polar surface area (TPSA) is 103 Å². The van der Waals surface area contributed by atoms with E-state index in [1.807, 2.05) is 18.2 Å². The number of hydrogen-bond acceptors (Lipinski definition) is 5. The molecule has 0 spiro atoms. The lowest BCUT2D eigenvalue weighted by atomic mass is 10.2. The number of aromatic nitrogens is 4. The van der Waals surface area contributed by atoms with Crippen LogP contribution in [0.4, 0.5) is 5.95 Å². The smallest absolute Gasteiger partial charge is 0.332 e. The van der Waals surface area contributed by atoms with Gasteiger partial charge < -0.3 is 10.6 Å². The third-order valence-electron chi connectivity index (χ3n) is 5.29. The summed E-state index contributed by atoms with van der Waals surface area (Å²) in [6, 6.07) is 7.36. The number of aryl methyl sites for hydroxylation is 1. The molecule has 1 aliphatic rings. The summed E-state index contributed by atoms with van der Waals surface area (Å²) in [6.07, 6.45) is 1.90. The Labute approximate surface area is 177 Å². The van der Waals surface area contributed by atoms with E-state index in [-0.39, 0.29) is 11.8 Å². The van der Waals surface area contributed by atoms with E-state index in [0.717, 1.165) is 23.0 Å². The second-order valence-corrected chi connectivity index (χ2v) is 7.89. The average Bonchev–Trinajstić information content (AvgIpc) is 3.52. The number of carbonyl (C=O) groups is 1. The number of nitrogens with zero attached hydrogens (tertiary/aromatic N) is 4. The third kappa shape index (κ3) is 3.72. The Balaban J connectivity index is 1.70. The van der Waals surface area contributed by atoms with Crippen molar-refractivity contribution in [3.63, 3.8) is 0 Å². The highest BCUT2D eigenvalue weighted by Crippen LogP contribution is 2.28. The van der Waals surface area contributed by atoms with Crippen LogP contribution >= 0.6 is 11.6 Å². The number of nitrogens with one attached hydrogen (secondary N) is 2. The molecule has 4 rings (SSSR count). The summed E-state index contributed by atoms with van der Waals surface area (Å²) in [4.78, 5) is 41.5. The molecule has 10 heteroatoms. The molecule has 2 heterocycles. The standard InChI is InChI=1S/C20H23ClN6O3/c1-25-16-15(18(29)26(2)20(25)30)27(11-13-5-3-4-6-14(13)21)19(24-16)23-10-9-22-17(28)12-7-8-12/h3-6,12H,7-11H2,1-2H3,(H,22,28)(H,23,24). The van der Waals surface area contributed by atoms with Gasteiger partial charge in [-0.25, -0.2) is 4.79 Å². The molecule has 1 saturated carbocycles. The van der Waals surface area contributed by atoms with Crippen LogP contribution in [0.2, 0.25) is 5.02 Å². The number of hydrogen-bond donors (Lipinski definition) is 2. The van der Waals surface area contributed by atoms with Crippen molar-refractivity contribution in [2.75, 3.05) is 18.4 Å². The number of benzene rings is 1. The van der Waals surface area contributed by atoms with Gasteiger partial charge in [0.05, 0.1) is 6.54 Å². The van der Waals surface area contributed by atoms with Crippen LogP contribution in [-0.2, 0) is 25.4 Å². The highest BCUT2D eigenvalue weighted by Gasteiger charge is 2.29. The van der Waals surface area contributed by atoms with Crippen molar-refractivity contribution in [3.05, 3.63) is 55.7 Å². The Morgan fingerprint density at radius 2 is 1.90 bits per heavy atom. The SMILES string of the molecule is Cn1c(=O)c2c(nc(NCCNC(=O)C3CC3)n2Cc2ccccc2Cl)n(C)c1=O. The molecule has 1 aromatic carbocycles. The fourth-order valence-electron chi connectivity index (χ4n) is 3.38. The second-order valence-electron chi connectivity index (χ2n) is 7.48. The van der Waals surface area contributed by atoms with Crippen LogP contribution in [0.3, 0.4) is 0 Å². The molecule has 1 amide bonds. The maximum Gasteiger partial charge on any atom is 0.332 e. The number of amides is 1. The number of anilines is 1. The predicted octanol–water partition coefficient (Wildman–Crippen LogP) is 1.07. The second kappa shape index (κ2) is 7.98. The molecule has 3 aromatic rings. The zero-order chi connectivity index (χ0) is 21.4. The minimum atomic E-state index is -0.446. The molecule has 0 bridgehead atoms. The summed E-state index contributed by atoms with van der Waals surface area (Å²) in [6.45, 7) is 1.17. The van der Waals surface area contributed by atoms with Crippen LogP contribution in [-0.4, -0.2) is 37.7 Å². The van der Waals surface area contributed by atoms with Crippen LogP contribution in [0.15, 0.2) is 33.9 Å². The van der Waals surface area contributed by atoms with E-state index >= 15 is 0 Å². The van der Waals surface area contributed by atoms with Crippen molar-refractivity contribution in [2.24, 2.45) is 20.0 Å². The van der Waals surface area contributed by atoms with Crippen LogP contribution in [0, 0.1) is 5.92 Å². The van der Waals surface area contributed by atoms with Crippen molar-refractivity contribution in [1.82, 2.24) is 24.0 Å². The first-order valence-electron chi connectivity index (χ1n) is 9.79. The molecule has 2 aromatic heterocycles. The van der Waals surface area contributed by atoms with Gasteiger partial charge in [0, 0.05) is 38.1 Å². The van der Waals surface area contributed by atoms with Crippen molar-refractivity contribution in [1.29, 1.82) is 0 Å².